The molecule has 0 aliphatic carbocycles. The molecule has 82 valence electrons. The van der Waals surface area contributed by atoms with Gasteiger partial charge in [-0.1, -0.05) is 35.0 Å². The summed E-state index contributed by atoms with van der Waals surface area (Å²) >= 11 is 0. The molecule has 0 bridgehead atoms. The number of rotatable bonds is 2. The van der Waals surface area contributed by atoms with Gasteiger partial charge in [-0.3, -0.25) is 0 Å². The van der Waals surface area contributed by atoms with Crippen LogP contribution in [0.3, 0.4) is 0 Å². The van der Waals surface area contributed by atoms with Crippen LogP contribution in [0.1, 0.15) is 28.1 Å². The van der Waals surface area contributed by atoms with Crippen LogP contribution >= 0.6 is 0 Å². The molecule has 0 saturated heterocycles. The van der Waals surface area contributed by atoms with Crippen LogP contribution in [0.2, 0.25) is 0 Å². The monoisotopic (exact) mass is 214 g/mol. The van der Waals surface area contributed by atoms with E-state index in [0.717, 1.165) is 31.0 Å². The van der Waals surface area contributed by atoms with Gasteiger partial charge in [-0.25, -0.2) is 0 Å². The number of nitrogens with one attached hydrogen (secondary N) is 1. The minimum Gasteiger partial charge on any atom is -0.360 e. The number of hydrogen-bond acceptors (Lipinski definition) is 3. The van der Waals surface area contributed by atoms with Gasteiger partial charge in [-0.05, 0) is 12.5 Å². The molecule has 3 heteroatoms. The van der Waals surface area contributed by atoms with Crippen LogP contribution < -0.4 is 5.32 Å². The summed E-state index contributed by atoms with van der Waals surface area (Å²) in [6.07, 6.45) is 0.838. The van der Waals surface area contributed by atoms with Crippen molar-refractivity contribution in [2.75, 3.05) is 0 Å². The summed E-state index contributed by atoms with van der Waals surface area (Å²) in [6.45, 7) is 3.83. The predicted molar refractivity (Wildman–Crippen MR) is 61.0 cm³/mol. The van der Waals surface area contributed by atoms with E-state index in [4.69, 9.17) is 4.52 Å². The Morgan fingerprint density at radius 3 is 2.88 bits per heavy atom. The number of hydrogen-bond donors (Lipinski definition) is 1. The Labute approximate surface area is 94.5 Å². The summed E-state index contributed by atoms with van der Waals surface area (Å²) in [4.78, 5) is 0. The molecule has 0 fully saturated rings. The van der Waals surface area contributed by atoms with Gasteiger partial charge in [0.05, 0.1) is 0 Å². The number of nitrogens with zero attached hydrogens (tertiary/aromatic N) is 1. The average molecular weight is 214 g/mol. The normalized spacial score (nSPS) is 14.1. The molecule has 16 heavy (non-hydrogen) atoms. The lowest BCUT2D eigenvalue weighted by Gasteiger charge is -2.00. The highest BCUT2D eigenvalue weighted by molar-refractivity contribution is 5.31. The average Bonchev–Trinajstić information content (AvgIpc) is 2.86. The SMILES string of the molecule is Cc1ccc(Cc2onc3c2CNC3)cc1. The van der Waals surface area contributed by atoms with Gasteiger partial charge in [-0.2, -0.15) is 0 Å². The molecular formula is C13H14N2O. The van der Waals surface area contributed by atoms with Crippen molar-refractivity contribution in [3.05, 3.63) is 52.4 Å². The third-order valence-electron chi connectivity index (χ3n) is 3.03. The van der Waals surface area contributed by atoms with E-state index in [1.54, 1.807) is 0 Å². The fourth-order valence-electron chi connectivity index (χ4n) is 2.06. The maximum atomic E-state index is 5.38. The first-order valence-electron chi connectivity index (χ1n) is 5.55. The van der Waals surface area contributed by atoms with E-state index in [1.807, 2.05) is 0 Å². The van der Waals surface area contributed by atoms with Gasteiger partial charge in [0.1, 0.15) is 11.5 Å². The molecule has 0 saturated carbocycles. The maximum Gasteiger partial charge on any atom is 0.145 e. The lowest BCUT2D eigenvalue weighted by atomic mass is 10.1. The Morgan fingerprint density at radius 2 is 2.06 bits per heavy atom. The van der Waals surface area contributed by atoms with E-state index >= 15 is 0 Å². The second-order valence-corrected chi connectivity index (χ2v) is 4.30. The Kier molecular flexibility index (Phi) is 2.26. The van der Waals surface area contributed by atoms with Crippen molar-refractivity contribution in [3.8, 4) is 0 Å². The highest BCUT2D eigenvalue weighted by Crippen LogP contribution is 2.21. The van der Waals surface area contributed by atoms with Crippen LogP contribution in [0, 0.1) is 6.92 Å². The second-order valence-electron chi connectivity index (χ2n) is 4.30. The van der Waals surface area contributed by atoms with Gasteiger partial charge in [-0.15, -0.1) is 0 Å². The minimum absolute atomic E-state index is 0.838. The summed E-state index contributed by atoms with van der Waals surface area (Å²) in [6, 6.07) is 8.55. The zero-order valence-corrected chi connectivity index (χ0v) is 9.29. The van der Waals surface area contributed by atoms with Gasteiger partial charge >= 0.3 is 0 Å². The highest BCUT2D eigenvalue weighted by atomic mass is 16.5. The van der Waals surface area contributed by atoms with Gasteiger partial charge < -0.3 is 9.84 Å². The largest absolute Gasteiger partial charge is 0.360 e. The molecule has 0 spiro atoms. The highest BCUT2D eigenvalue weighted by Gasteiger charge is 2.20. The van der Waals surface area contributed by atoms with E-state index < -0.39 is 0 Å². The molecule has 1 aromatic carbocycles. The molecule has 1 aromatic heterocycles. The van der Waals surface area contributed by atoms with Crippen LogP contribution in [0.15, 0.2) is 28.8 Å². The molecule has 1 aliphatic rings. The summed E-state index contributed by atoms with van der Waals surface area (Å²) < 4.78 is 5.38. The molecule has 1 N–H and O–H groups in total. The van der Waals surface area contributed by atoms with Crippen molar-refractivity contribution >= 4 is 0 Å². The summed E-state index contributed by atoms with van der Waals surface area (Å²) in [5.74, 6) is 1.00. The first-order chi connectivity index (χ1) is 7.83. The molecule has 3 rings (SSSR count). The van der Waals surface area contributed by atoms with Crippen LogP contribution in [0.4, 0.5) is 0 Å². The summed E-state index contributed by atoms with van der Waals surface area (Å²) in [7, 11) is 0. The van der Waals surface area contributed by atoms with Crippen LogP contribution in [0.25, 0.3) is 0 Å². The molecule has 2 aromatic rings. The Balaban J connectivity index is 1.86. The zero-order chi connectivity index (χ0) is 11.0. The number of fused-ring (bicyclic) bond motifs is 1. The number of benzene rings is 1. The van der Waals surface area contributed by atoms with Crippen molar-refractivity contribution < 1.29 is 4.52 Å². The molecule has 3 nitrogen and oxygen atoms in total. The van der Waals surface area contributed by atoms with E-state index in [9.17, 15) is 0 Å². The van der Waals surface area contributed by atoms with Gasteiger partial charge in [0.15, 0.2) is 0 Å². The van der Waals surface area contributed by atoms with E-state index in [2.05, 4.69) is 41.7 Å². The van der Waals surface area contributed by atoms with E-state index in [-0.39, 0.29) is 0 Å². The molecule has 0 radical (unpaired) electrons. The van der Waals surface area contributed by atoms with Crippen molar-refractivity contribution in [1.82, 2.24) is 10.5 Å². The van der Waals surface area contributed by atoms with Gasteiger partial charge in [0, 0.05) is 25.1 Å². The summed E-state index contributed by atoms with van der Waals surface area (Å²) in [5, 5.41) is 7.35. The number of aromatic nitrogens is 1. The van der Waals surface area contributed by atoms with Gasteiger partial charge in [0.25, 0.3) is 0 Å². The van der Waals surface area contributed by atoms with Crippen LogP contribution in [0.5, 0.6) is 0 Å². The van der Waals surface area contributed by atoms with Gasteiger partial charge in [0.2, 0.25) is 0 Å². The topological polar surface area (TPSA) is 38.1 Å². The van der Waals surface area contributed by atoms with Crippen molar-refractivity contribution in [2.24, 2.45) is 0 Å². The third-order valence-corrected chi connectivity index (χ3v) is 3.03. The quantitative estimate of drug-likeness (QED) is 0.832. The Morgan fingerprint density at radius 1 is 1.25 bits per heavy atom. The molecule has 2 heterocycles. The smallest absolute Gasteiger partial charge is 0.145 e. The molecule has 1 aliphatic heterocycles. The fraction of sp³-hybridized carbons (Fsp3) is 0.308. The minimum atomic E-state index is 0.838. The molecule has 0 unspecified atom stereocenters. The zero-order valence-electron chi connectivity index (χ0n) is 9.29. The number of aryl methyl sites for hydroxylation is 1. The standard InChI is InChI=1S/C13H14N2O/c1-9-2-4-10(5-3-9)6-13-11-7-14-8-12(11)15-16-13/h2-5,14H,6-8H2,1H3. The maximum absolute atomic E-state index is 5.38. The van der Waals surface area contributed by atoms with Crippen molar-refractivity contribution in [1.29, 1.82) is 0 Å². The first kappa shape index (κ1) is 9.60. The Hall–Kier alpha value is -1.61. The van der Waals surface area contributed by atoms with E-state index in [0.29, 0.717) is 0 Å². The molecular weight excluding hydrogens is 200 g/mol. The fourth-order valence-corrected chi connectivity index (χ4v) is 2.06. The lowest BCUT2D eigenvalue weighted by molar-refractivity contribution is 0.376. The predicted octanol–water partition coefficient (Wildman–Crippen LogP) is 2.18. The molecule has 0 atom stereocenters. The van der Waals surface area contributed by atoms with E-state index in [1.165, 1.54) is 16.7 Å². The van der Waals surface area contributed by atoms with Crippen LogP contribution in [-0.2, 0) is 19.5 Å². The lowest BCUT2D eigenvalue weighted by Crippen LogP contribution is -2.02. The second kappa shape index (κ2) is 3.76. The Bertz CT molecular complexity index is 499. The summed E-state index contributed by atoms with van der Waals surface area (Å²) in [5.41, 5.74) is 4.88. The van der Waals surface area contributed by atoms with Crippen LogP contribution in [-0.4, -0.2) is 5.16 Å². The first-order valence-corrected chi connectivity index (χ1v) is 5.55. The van der Waals surface area contributed by atoms with Crippen molar-refractivity contribution in [3.63, 3.8) is 0 Å². The molecule has 0 amide bonds. The third kappa shape index (κ3) is 1.63. The van der Waals surface area contributed by atoms with Crippen molar-refractivity contribution in [2.45, 2.75) is 26.4 Å².